The first kappa shape index (κ1) is 13.9. The highest BCUT2D eigenvalue weighted by Gasteiger charge is 2.18. The Kier molecular flexibility index (Phi) is 3.79. The average molecular weight is 302 g/mol. The largest absolute Gasteiger partial charge is 0.445 e. The fourth-order valence-corrected chi connectivity index (χ4v) is 2.75. The Morgan fingerprint density at radius 2 is 2.21 bits per heavy atom. The predicted octanol–water partition coefficient (Wildman–Crippen LogP) is 1.70. The van der Waals surface area contributed by atoms with Crippen LogP contribution in [0, 0.1) is 6.92 Å². The van der Waals surface area contributed by atoms with Gasteiger partial charge in [-0.05, 0) is 25.1 Å². The highest BCUT2D eigenvalue weighted by molar-refractivity contribution is 7.89. The number of aromatic nitrogens is 1. The molecule has 1 aromatic carbocycles. The standard InChI is InChI=1S/C11H12ClN3O3S/c1-7-5-14-11(18-7)6-15-19(16,17)10-3-2-8(12)4-9(10)13/h2-5,15H,6,13H2,1H3. The third-order valence-corrected chi connectivity index (χ3v) is 4.05. The number of hydrogen-bond acceptors (Lipinski definition) is 5. The molecule has 2 aromatic rings. The summed E-state index contributed by atoms with van der Waals surface area (Å²) in [5.41, 5.74) is 5.72. The van der Waals surface area contributed by atoms with Gasteiger partial charge >= 0.3 is 0 Å². The SMILES string of the molecule is Cc1cnc(CNS(=O)(=O)c2ccc(Cl)cc2N)o1. The first-order valence-electron chi connectivity index (χ1n) is 5.34. The summed E-state index contributed by atoms with van der Waals surface area (Å²) in [5, 5.41) is 0.375. The molecular formula is C11H12ClN3O3S. The van der Waals surface area contributed by atoms with Crippen LogP contribution in [-0.2, 0) is 16.6 Å². The van der Waals surface area contributed by atoms with Crippen molar-refractivity contribution in [2.75, 3.05) is 5.73 Å². The number of nitrogens with one attached hydrogen (secondary N) is 1. The summed E-state index contributed by atoms with van der Waals surface area (Å²) in [6.07, 6.45) is 1.51. The fourth-order valence-electron chi connectivity index (χ4n) is 1.48. The lowest BCUT2D eigenvalue weighted by molar-refractivity contribution is 0.463. The van der Waals surface area contributed by atoms with E-state index in [2.05, 4.69) is 9.71 Å². The van der Waals surface area contributed by atoms with Gasteiger partial charge < -0.3 is 10.2 Å². The second-order valence-corrected chi connectivity index (χ2v) is 6.04. The predicted molar refractivity (Wildman–Crippen MR) is 71.1 cm³/mol. The van der Waals surface area contributed by atoms with Crippen LogP contribution in [0.15, 0.2) is 33.7 Å². The number of anilines is 1. The molecule has 0 amide bonds. The van der Waals surface area contributed by atoms with E-state index < -0.39 is 10.0 Å². The van der Waals surface area contributed by atoms with Gasteiger partial charge in [-0.2, -0.15) is 0 Å². The van der Waals surface area contributed by atoms with Crippen LogP contribution in [0.2, 0.25) is 5.02 Å². The number of sulfonamides is 1. The highest BCUT2D eigenvalue weighted by atomic mass is 35.5. The van der Waals surface area contributed by atoms with E-state index in [-0.39, 0.29) is 23.0 Å². The molecule has 8 heteroatoms. The molecule has 0 fully saturated rings. The van der Waals surface area contributed by atoms with Crippen LogP contribution in [-0.4, -0.2) is 13.4 Å². The van der Waals surface area contributed by atoms with Gasteiger partial charge in [0.25, 0.3) is 0 Å². The lowest BCUT2D eigenvalue weighted by Gasteiger charge is -2.07. The fraction of sp³-hybridized carbons (Fsp3) is 0.182. The van der Waals surface area contributed by atoms with E-state index in [1.807, 2.05) is 0 Å². The molecule has 0 atom stereocenters. The van der Waals surface area contributed by atoms with Crippen LogP contribution in [0.5, 0.6) is 0 Å². The molecule has 0 aliphatic carbocycles. The molecule has 19 heavy (non-hydrogen) atoms. The third-order valence-electron chi connectivity index (χ3n) is 2.34. The molecule has 0 radical (unpaired) electrons. The number of halogens is 1. The van der Waals surface area contributed by atoms with E-state index in [0.29, 0.717) is 10.8 Å². The minimum atomic E-state index is -3.73. The molecule has 1 aromatic heterocycles. The van der Waals surface area contributed by atoms with Crippen LogP contribution in [0.1, 0.15) is 11.7 Å². The van der Waals surface area contributed by atoms with Crippen LogP contribution >= 0.6 is 11.6 Å². The maximum atomic E-state index is 12.0. The van der Waals surface area contributed by atoms with Crippen molar-refractivity contribution in [3.05, 3.63) is 41.1 Å². The zero-order valence-corrected chi connectivity index (χ0v) is 11.6. The molecule has 0 unspecified atom stereocenters. The normalized spacial score (nSPS) is 11.7. The highest BCUT2D eigenvalue weighted by Crippen LogP contribution is 2.22. The van der Waals surface area contributed by atoms with E-state index in [1.165, 1.54) is 24.4 Å². The number of rotatable bonds is 4. The molecule has 3 N–H and O–H groups in total. The van der Waals surface area contributed by atoms with Gasteiger partial charge in [0.05, 0.1) is 18.4 Å². The smallest absolute Gasteiger partial charge is 0.243 e. The zero-order valence-electron chi connectivity index (χ0n) is 10.1. The van der Waals surface area contributed by atoms with Crippen LogP contribution in [0.25, 0.3) is 0 Å². The number of nitrogens with zero attached hydrogens (tertiary/aromatic N) is 1. The van der Waals surface area contributed by atoms with Crippen molar-refractivity contribution in [2.45, 2.75) is 18.4 Å². The second-order valence-electron chi connectivity index (χ2n) is 3.87. The molecule has 0 saturated carbocycles. The topological polar surface area (TPSA) is 98.2 Å². The number of benzene rings is 1. The lowest BCUT2D eigenvalue weighted by Crippen LogP contribution is -2.24. The molecule has 0 aliphatic rings. The summed E-state index contributed by atoms with van der Waals surface area (Å²) in [5.74, 6) is 0.897. The summed E-state index contributed by atoms with van der Waals surface area (Å²) in [6.45, 7) is 1.68. The molecule has 0 aliphatic heterocycles. The van der Waals surface area contributed by atoms with Crippen molar-refractivity contribution in [3.63, 3.8) is 0 Å². The Bertz CT molecular complexity index is 697. The second kappa shape index (κ2) is 5.20. The van der Waals surface area contributed by atoms with Gasteiger partial charge in [-0.3, -0.25) is 0 Å². The van der Waals surface area contributed by atoms with E-state index in [9.17, 15) is 8.42 Å². The number of oxazole rings is 1. The quantitative estimate of drug-likeness (QED) is 0.837. The minimum Gasteiger partial charge on any atom is -0.445 e. The number of aryl methyl sites for hydroxylation is 1. The van der Waals surface area contributed by atoms with Crippen LogP contribution in [0.3, 0.4) is 0 Å². The van der Waals surface area contributed by atoms with Crippen LogP contribution in [0.4, 0.5) is 5.69 Å². The van der Waals surface area contributed by atoms with Crippen molar-refractivity contribution in [1.82, 2.24) is 9.71 Å². The van der Waals surface area contributed by atoms with Gasteiger partial charge in [-0.15, -0.1) is 0 Å². The van der Waals surface area contributed by atoms with E-state index in [1.54, 1.807) is 6.92 Å². The summed E-state index contributed by atoms with van der Waals surface area (Å²) in [6, 6.07) is 4.19. The lowest BCUT2D eigenvalue weighted by atomic mass is 10.3. The first-order chi connectivity index (χ1) is 8.88. The van der Waals surface area contributed by atoms with Gasteiger partial charge in [0.1, 0.15) is 10.7 Å². The molecular weight excluding hydrogens is 290 g/mol. The van der Waals surface area contributed by atoms with Gasteiger partial charge in [-0.25, -0.2) is 18.1 Å². The van der Waals surface area contributed by atoms with E-state index >= 15 is 0 Å². The molecule has 2 rings (SSSR count). The van der Waals surface area contributed by atoms with Gasteiger partial charge in [0.15, 0.2) is 0 Å². The summed E-state index contributed by atoms with van der Waals surface area (Å²) >= 11 is 5.72. The molecule has 6 nitrogen and oxygen atoms in total. The maximum Gasteiger partial charge on any atom is 0.243 e. The average Bonchev–Trinajstić information content (AvgIpc) is 2.72. The third kappa shape index (κ3) is 3.25. The van der Waals surface area contributed by atoms with Crippen molar-refractivity contribution >= 4 is 27.3 Å². The van der Waals surface area contributed by atoms with Crippen molar-refractivity contribution in [3.8, 4) is 0 Å². The van der Waals surface area contributed by atoms with E-state index in [0.717, 1.165) is 0 Å². The molecule has 1 heterocycles. The van der Waals surface area contributed by atoms with Crippen molar-refractivity contribution in [2.24, 2.45) is 0 Å². The summed E-state index contributed by atoms with van der Waals surface area (Å²) in [7, 11) is -3.73. The first-order valence-corrected chi connectivity index (χ1v) is 7.20. The Hall–Kier alpha value is -1.57. The number of nitrogen functional groups attached to an aromatic ring is 1. The van der Waals surface area contributed by atoms with Crippen LogP contribution < -0.4 is 10.5 Å². The molecule has 0 bridgehead atoms. The Balaban J connectivity index is 2.18. The summed E-state index contributed by atoms with van der Waals surface area (Å²) < 4.78 is 31.6. The Morgan fingerprint density at radius 3 is 2.79 bits per heavy atom. The van der Waals surface area contributed by atoms with E-state index in [4.69, 9.17) is 21.8 Å². The summed E-state index contributed by atoms with van der Waals surface area (Å²) in [4.78, 5) is 3.88. The maximum absolute atomic E-state index is 12.0. The molecule has 0 saturated heterocycles. The van der Waals surface area contributed by atoms with Crippen molar-refractivity contribution in [1.29, 1.82) is 0 Å². The minimum absolute atomic E-state index is 0.0276. The molecule has 0 spiro atoms. The number of hydrogen-bond donors (Lipinski definition) is 2. The number of nitrogens with two attached hydrogens (primary N) is 1. The monoisotopic (exact) mass is 301 g/mol. The van der Waals surface area contributed by atoms with Gasteiger partial charge in [0.2, 0.25) is 15.9 Å². The van der Waals surface area contributed by atoms with Gasteiger partial charge in [-0.1, -0.05) is 11.6 Å². The van der Waals surface area contributed by atoms with Crippen molar-refractivity contribution < 1.29 is 12.8 Å². The Labute approximate surface area is 115 Å². The zero-order chi connectivity index (χ0) is 14.0. The Morgan fingerprint density at radius 1 is 1.47 bits per heavy atom. The van der Waals surface area contributed by atoms with Gasteiger partial charge in [0, 0.05) is 5.02 Å². The molecule has 102 valence electrons.